The summed E-state index contributed by atoms with van der Waals surface area (Å²) in [6.07, 6.45) is -0.471. The number of ketones is 1. The fraction of sp³-hybridized carbons (Fsp3) is 0.474. The van der Waals surface area contributed by atoms with Crippen molar-refractivity contribution in [1.29, 1.82) is 5.26 Å². The number of nitrogens with zero attached hydrogens (tertiary/aromatic N) is 3. The lowest BCUT2D eigenvalue weighted by molar-refractivity contribution is -0.133. The van der Waals surface area contributed by atoms with Crippen LogP contribution in [-0.4, -0.2) is 48.7 Å². The van der Waals surface area contributed by atoms with Gasteiger partial charge in [0.1, 0.15) is 12.3 Å². The summed E-state index contributed by atoms with van der Waals surface area (Å²) in [5.41, 5.74) is 0.861. The van der Waals surface area contributed by atoms with E-state index in [9.17, 15) is 14.4 Å². The molecule has 1 heterocycles. The maximum Gasteiger partial charge on any atom is 0.268 e. The fourth-order valence-corrected chi connectivity index (χ4v) is 2.69. The molecule has 138 valence electrons. The van der Waals surface area contributed by atoms with Crippen LogP contribution in [0.1, 0.15) is 37.6 Å². The van der Waals surface area contributed by atoms with E-state index in [4.69, 9.17) is 10.00 Å². The maximum atomic E-state index is 12.9. The molecule has 0 N–H and O–H groups in total. The van der Waals surface area contributed by atoms with E-state index in [1.807, 2.05) is 19.9 Å². The fourth-order valence-electron chi connectivity index (χ4n) is 2.69. The first kappa shape index (κ1) is 19.4. The van der Waals surface area contributed by atoms with Gasteiger partial charge in [-0.2, -0.15) is 5.26 Å². The number of amides is 2. The Morgan fingerprint density at radius 3 is 2.65 bits per heavy atom. The Hall–Kier alpha value is -2.88. The molecule has 7 nitrogen and oxygen atoms in total. The molecule has 0 saturated heterocycles. The first-order valence-corrected chi connectivity index (χ1v) is 8.50. The number of carbonyl (C=O) groups excluding carboxylic acids is 3. The van der Waals surface area contributed by atoms with Crippen LogP contribution < -0.4 is 9.64 Å². The summed E-state index contributed by atoms with van der Waals surface area (Å²) >= 11 is 0. The summed E-state index contributed by atoms with van der Waals surface area (Å²) in [5.74, 6) is -0.325. The third-order valence-corrected chi connectivity index (χ3v) is 4.30. The van der Waals surface area contributed by atoms with E-state index >= 15 is 0 Å². The van der Waals surface area contributed by atoms with Crippen LogP contribution in [0, 0.1) is 17.2 Å². The highest BCUT2D eigenvalue weighted by Crippen LogP contribution is 2.36. The van der Waals surface area contributed by atoms with Crippen molar-refractivity contribution < 1.29 is 19.1 Å². The highest BCUT2D eigenvalue weighted by molar-refractivity contribution is 6.05. The quantitative estimate of drug-likeness (QED) is 0.727. The average Bonchev–Trinajstić information content (AvgIpc) is 2.60. The minimum atomic E-state index is -0.692. The number of Topliss-reactive ketones (excluding diaryl/α,β-unsaturated/α-hetero) is 1. The van der Waals surface area contributed by atoms with E-state index in [0.29, 0.717) is 23.5 Å². The number of hydrogen-bond donors (Lipinski definition) is 0. The molecule has 26 heavy (non-hydrogen) atoms. The van der Waals surface area contributed by atoms with E-state index in [0.717, 1.165) is 0 Å². The van der Waals surface area contributed by atoms with Crippen molar-refractivity contribution in [2.45, 2.75) is 33.3 Å². The van der Waals surface area contributed by atoms with Crippen molar-refractivity contribution in [1.82, 2.24) is 4.90 Å². The van der Waals surface area contributed by atoms with Crippen molar-refractivity contribution in [3.63, 3.8) is 0 Å². The minimum Gasteiger partial charge on any atom is -0.478 e. The molecule has 0 aliphatic carbocycles. The zero-order chi connectivity index (χ0) is 19.4. The van der Waals surface area contributed by atoms with Gasteiger partial charge in [-0.25, -0.2) is 0 Å². The highest BCUT2D eigenvalue weighted by Gasteiger charge is 2.37. The van der Waals surface area contributed by atoms with Gasteiger partial charge in [0.25, 0.3) is 5.91 Å². The number of anilines is 1. The maximum absolute atomic E-state index is 12.9. The van der Waals surface area contributed by atoms with Gasteiger partial charge in [-0.05, 0) is 31.0 Å². The monoisotopic (exact) mass is 357 g/mol. The van der Waals surface area contributed by atoms with Gasteiger partial charge < -0.3 is 9.64 Å². The Bertz CT molecular complexity index is 767. The van der Waals surface area contributed by atoms with Gasteiger partial charge in [0.05, 0.1) is 18.2 Å². The summed E-state index contributed by atoms with van der Waals surface area (Å²) in [4.78, 5) is 39.8. The van der Waals surface area contributed by atoms with Gasteiger partial charge in [0.2, 0.25) is 5.91 Å². The van der Waals surface area contributed by atoms with E-state index in [2.05, 4.69) is 0 Å². The predicted molar refractivity (Wildman–Crippen MR) is 95.9 cm³/mol. The second-order valence-corrected chi connectivity index (χ2v) is 6.67. The molecule has 1 atom stereocenters. The lowest BCUT2D eigenvalue weighted by atomic mass is 10.0. The molecule has 0 fully saturated rings. The Balaban J connectivity index is 2.37. The molecule has 1 aliphatic heterocycles. The topological polar surface area (TPSA) is 90.7 Å². The first-order valence-electron chi connectivity index (χ1n) is 8.50. The van der Waals surface area contributed by atoms with Crippen LogP contribution in [0.2, 0.25) is 0 Å². The number of ether oxygens (including phenoxy) is 1. The van der Waals surface area contributed by atoms with Crippen molar-refractivity contribution >= 4 is 23.3 Å². The van der Waals surface area contributed by atoms with Gasteiger partial charge in [-0.1, -0.05) is 13.8 Å². The van der Waals surface area contributed by atoms with E-state index < -0.39 is 6.10 Å². The third-order valence-electron chi connectivity index (χ3n) is 4.30. The van der Waals surface area contributed by atoms with Crippen LogP contribution >= 0.6 is 0 Å². The zero-order valence-corrected chi connectivity index (χ0v) is 15.5. The molecule has 0 bridgehead atoms. The molecular formula is C19H23N3O4. The highest BCUT2D eigenvalue weighted by atomic mass is 16.5. The largest absolute Gasteiger partial charge is 0.478 e. The van der Waals surface area contributed by atoms with Gasteiger partial charge in [-0.15, -0.1) is 0 Å². The van der Waals surface area contributed by atoms with Crippen LogP contribution in [0.4, 0.5) is 5.69 Å². The average molecular weight is 357 g/mol. The molecule has 7 heteroatoms. The van der Waals surface area contributed by atoms with Gasteiger partial charge in [0.15, 0.2) is 11.9 Å². The second kappa shape index (κ2) is 8.00. The Kier molecular flexibility index (Phi) is 5.98. The minimum absolute atomic E-state index is 0.0722. The Morgan fingerprint density at radius 2 is 2.08 bits per heavy atom. The van der Waals surface area contributed by atoms with E-state index in [-0.39, 0.29) is 36.5 Å². The lowest BCUT2D eigenvalue weighted by Crippen LogP contribution is -2.51. The Labute approximate surface area is 153 Å². The van der Waals surface area contributed by atoms with E-state index in [1.165, 1.54) is 16.7 Å². The number of fused-ring (bicyclic) bond motifs is 1. The smallest absolute Gasteiger partial charge is 0.268 e. The third kappa shape index (κ3) is 4.02. The predicted octanol–water partition coefficient (Wildman–Crippen LogP) is 2.01. The van der Waals surface area contributed by atoms with Crippen LogP contribution in [0.25, 0.3) is 0 Å². The second-order valence-electron chi connectivity index (χ2n) is 6.67. The molecule has 0 saturated carbocycles. The summed E-state index contributed by atoms with van der Waals surface area (Å²) in [6, 6.07) is 6.87. The normalized spacial score (nSPS) is 15.9. The number of carbonyl (C=O) groups is 3. The van der Waals surface area contributed by atoms with Gasteiger partial charge in [-0.3, -0.25) is 19.3 Å². The van der Waals surface area contributed by atoms with Crippen LogP contribution in [0.3, 0.4) is 0 Å². The molecule has 2 amide bonds. The lowest BCUT2D eigenvalue weighted by Gasteiger charge is -2.36. The van der Waals surface area contributed by atoms with Crippen molar-refractivity contribution in [3.8, 4) is 11.8 Å². The standard InChI is InChI=1S/C19H23N3O4/c1-12(2)18-19(25)22(11-17(24)21(4)9-5-8-20)15-10-14(13(3)23)6-7-16(15)26-18/h6-7,10,12,18H,5,9,11H2,1-4H3. The molecule has 1 aromatic rings. The first-order chi connectivity index (χ1) is 12.3. The van der Waals surface area contributed by atoms with Crippen LogP contribution in [-0.2, 0) is 9.59 Å². The molecule has 1 aliphatic rings. The molecule has 1 unspecified atom stereocenters. The van der Waals surface area contributed by atoms with Crippen molar-refractivity contribution in [2.24, 2.45) is 5.92 Å². The van der Waals surface area contributed by atoms with E-state index in [1.54, 1.807) is 25.2 Å². The summed E-state index contributed by atoms with van der Waals surface area (Å²) < 4.78 is 5.81. The van der Waals surface area contributed by atoms with Crippen molar-refractivity contribution in [3.05, 3.63) is 23.8 Å². The number of rotatable bonds is 6. The number of hydrogen-bond acceptors (Lipinski definition) is 5. The summed E-state index contributed by atoms with van der Waals surface area (Å²) in [6.45, 7) is 5.31. The molecule has 0 radical (unpaired) electrons. The summed E-state index contributed by atoms with van der Waals surface area (Å²) in [7, 11) is 1.59. The molecule has 0 aromatic heterocycles. The van der Waals surface area contributed by atoms with Gasteiger partial charge in [0, 0.05) is 19.2 Å². The molecule has 0 spiro atoms. The van der Waals surface area contributed by atoms with Crippen molar-refractivity contribution in [2.75, 3.05) is 25.0 Å². The zero-order valence-electron chi connectivity index (χ0n) is 15.5. The molecule has 1 aromatic carbocycles. The number of nitriles is 1. The summed E-state index contributed by atoms with van der Waals surface area (Å²) in [5, 5.41) is 8.67. The number of likely N-dealkylation sites (N-methyl/N-ethyl adjacent to an activating group) is 1. The van der Waals surface area contributed by atoms with Gasteiger partial charge >= 0.3 is 0 Å². The molecular weight excluding hydrogens is 334 g/mol. The molecule has 2 rings (SSSR count). The van der Waals surface area contributed by atoms with Crippen LogP contribution in [0.15, 0.2) is 18.2 Å². The van der Waals surface area contributed by atoms with Crippen LogP contribution in [0.5, 0.6) is 5.75 Å². The Morgan fingerprint density at radius 1 is 1.38 bits per heavy atom. The number of benzene rings is 1. The SMILES string of the molecule is CC(=O)c1ccc2c(c1)N(CC(=O)N(C)CCC#N)C(=O)C(C(C)C)O2.